The third-order valence-electron chi connectivity index (χ3n) is 2.48. The van der Waals surface area contributed by atoms with Crippen LogP contribution in [-0.4, -0.2) is 20.9 Å². The molecule has 2 aromatic rings. The molecule has 0 fully saturated rings. The number of amides is 1. The Bertz CT molecular complexity index is 568. The number of benzene rings is 1. The molecular weight excluding hydrogens is 265 g/mol. The second-order valence-corrected chi connectivity index (χ2v) is 5.52. The summed E-state index contributed by atoms with van der Waals surface area (Å²) in [5.74, 6) is -0.448. The number of carbonyl (C=O) groups excluding carboxylic acids is 1. The quantitative estimate of drug-likeness (QED) is 0.875. The highest BCUT2D eigenvalue weighted by Crippen LogP contribution is 2.23. The molecule has 1 N–H and O–H groups in total. The van der Waals surface area contributed by atoms with Gasteiger partial charge >= 0.3 is 0 Å². The number of nitrogens with one attached hydrogen (secondary N) is 1. The zero-order valence-electron chi connectivity index (χ0n) is 10.6. The number of thioether (sulfide) groups is 1. The van der Waals surface area contributed by atoms with E-state index in [0.717, 1.165) is 4.90 Å². The van der Waals surface area contributed by atoms with Crippen molar-refractivity contribution in [2.24, 2.45) is 7.05 Å². The summed E-state index contributed by atoms with van der Waals surface area (Å²) < 4.78 is 14.4. The summed E-state index contributed by atoms with van der Waals surface area (Å²) in [4.78, 5) is 12.9. The van der Waals surface area contributed by atoms with Crippen LogP contribution < -0.4 is 5.32 Å². The van der Waals surface area contributed by atoms with Crippen LogP contribution in [0.1, 0.15) is 6.92 Å². The van der Waals surface area contributed by atoms with Crippen LogP contribution in [0, 0.1) is 5.82 Å². The van der Waals surface area contributed by atoms with Crippen LogP contribution in [0.5, 0.6) is 0 Å². The predicted octanol–water partition coefficient (Wildman–Crippen LogP) is 2.68. The maximum atomic E-state index is 12.7. The van der Waals surface area contributed by atoms with Gasteiger partial charge in [-0.3, -0.25) is 9.48 Å². The van der Waals surface area contributed by atoms with E-state index in [-0.39, 0.29) is 17.0 Å². The lowest BCUT2D eigenvalue weighted by atomic mass is 10.3. The van der Waals surface area contributed by atoms with Crippen LogP contribution in [0.2, 0.25) is 0 Å². The van der Waals surface area contributed by atoms with Gasteiger partial charge in [0.1, 0.15) is 5.82 Å². The number of anilines is 1. The Balaban J connectivity index is 1.94. The van der Waals surface area contributed by atoms with Crippen molar-refractivity contribution in [3.05, 3.63) is 42.5 Å². The normalized spacial score (nSPS) is 12.2. The van der Waals surface area contributed by atoms with Crippen molar-refractivity contribution in [2.75, 3.05) is 5.32 Å². The summed E-state index contributed by atoms with van der Waals surface area (Å²) >= 11 is 1.43. The third kappa shape index (κ3) is 3.82. The van der Waals surface area contributed by atoms with E-state index >= 15 is 0 Å². The molecule has 4 nitrogen and oxygen atoms in total. The highest BCUT2D eigenvalue weighted by atomic mass is 32.2. The van der Waals surface area contributed by atoms with E-state index in [0.29, 0.717) is 5.69 Å². The number of rotatable bonds is 4. The first-order chi connectivity index (χ1) is 9.04. The zero-order valence-corrected chi connectivity index (χ0v) is 11.4. The summed E-state index contributed by atoms with van der Waals surface area (Å²) in [6.45, 7) is 1.82. The fraction of sp³-hybridized carbons (Fsp3) is 0.231. The summed E-state index contributed by atoms with van der Waals surface area (Å²) in [6.07, 6.45) is 3.57. The fourth-order valence-electron chi connectivity index (χ4n) is 1.49. The van der Waals surface area contributed by atoms with Crippen LogP contribution in [0.15, 0.2) is 41.6 Å². The lowest BCUT2D eigenvalue weighted by molar-refractivity contribution is -0.115. The highest BCUT2D eigenvalue weighted by Gasteiger charge is 2.15. The van der Waals surface area contributed by atoms with Gasteiger partial charge in [0.15, 0.2) is 0 Å². The van der Waals surface area contributed by atoms with Crippen LogP contribution in [0.3, 0.4) is 0 Å². The minimum absolute atomic E-state index is 0.125. The molecule has 0 saturated carbocycles. The van der Waals surface area contributed by atoms with Gasteiger partial charge in [-0.1, -0.05) is 0 Å². The number of carbonyl (C=O) groups is 1. The van der Waals surface area contributed by atoms with Crippen LogP contribution in [0.4, 0.5) is 10.1 Å². The summed E-state index contributed by atoms with van der Waals surface area (Å²) in [7, 11) is 1.83. The van der Waals surface area contributed by atoms with Gasteiger partial charge in [0.05, 0.1) is 11.4 Å². The molecule has 19 heavy (non-hydrogen) atoms. The molecule has 1 heterocycles. The van der Waals surface area contributed by atoms with Gasteiger partial charge in [-0.15, -0.1) is 11.8 Å². The third-order valence-corrected chi connectivity index (χ3v) is 3.53. The molecule has 0 aliphatic rings. The van der Waals surface area contributed by atoms with Crippen molar-refractivity contribution in [3.8, 4) is 0 Å². The van der Waals surface area contributed by atoms with Gasteiger partial charge < -0.3 is 5.32 Å². The average molecular weight is 279 g/mol. The molecule has 100 valence electrons. The summed E-state index contributed by atoms with van der Waals surface area (Å²) in [6, 6.07) is 5.70. The minimum atomic E-state index is -0.323. The Morgan fingerprint density at radius 2 is 2.11 bits per heavy atom. The lowest BCUT2D eigenvalue weighted by Crippen LogP contribution is -2.22. The van der Waals surface area contributed by atoms with Crippen molar-refractivity contribution in [2.45, 2.75) is 17.1 Å². The second-order valence-electron chi connectivity index (χ2n) is 4.11. The van der Waals surface area contributed by atoms with E-state index < -0.39 is 0 Å². The maximum Gasteiger partial charge on any atom is 0.237 e. The van der Waals surface area contributed by atoms with Crippen LogP contribution in [-0.2, 0) is 11.8 Å². The average Bonchev–Trinajstić information content (AvgIpc) is 2.77. The first-order valence-electron chi connectivity index (χ1n) is 5.76. The molecular formula is C13H14FN3OS. The fourth-order valence-corrected chi connectivity index (χ4v) is 2.39. The molecule has 6 heteroatoms. The Morgan fingerprint density at radius 3 is 2.68 bits per heavy atom. The molecule has 0 aliphatic carbocycles. The topological polar surface area (TPSA) is 46.9 Å². The molecule has 0 saturated heterocycles. The molecule has 0 bridgehead atoms. The van der Waals surface area contributed by atoms with Crippen LogP contribution >= 0.6 is 11.8 Å². The van der Waals surface area contributed by atoms with E-state index in [1.165, 1.54) is 36.0 Å². The van der Waals surface area contributed by atoms with Gasteiger partial charge in [-0.05, 0) is 31.2 Å². The predicted molar refractivity (Wildman–Crippen MR) is 73.6 cm³/mol. The Morgan fingerprint density at radius 1 is 1.42 bits per heavy atom. The zero-order chi connectivity index (χ0) is 13.8. The molecule has 0 radical (unpaired) electrons. The largest absolute Gasteiger partial charge is 0.325 e. The number of aryl methyl sites for hydroxylation is 1. The smallest absolute Gasteiger partial charge is 0.237 e. The van der Waals surface area contributed by atoms with Gasteiger partial charge in [0.2, 0.25) is 5.91 Å². The number of nitrogens with zero attached hydrogens (tertiary/aromatic N) is 2. The Kier molecular flexibility index (Phi) is 4.21. The summed E-state index contributed by atoms with van der Waals surface area (Å²) in [5.41, 5.74) is 0.588. The molecule has 1 atom stereocenters. The first-order valence-corrected chi connectivity index (χ1v) is 6.64. The van der Waals surface area contributed by atoms with E-state index in [9.17, 15) is 9.18 Å². The van der Waals surface area contributed by atoms with E-state index in [4.69, 9.17) is 0 Å². The molecule has 2 rings (SSSR count). The van der Waals surface area contributed by atoms with E-state index in [1.54, 1.807) is 10.9 Å². The number of hydrogen-bond donors (Lipinski definition) is 1. The van der Waals surface area contributed by atoms with Gasteiger partial charge in [0.25, 0.3) is 0 Å². The Labute approximate surface area is 115 Å². The molecule has 1 aromatic carbocycles. The molecule has 1 amide bonds. The number of aromatic nitrogens is 2. The number of hydrogen-bond acceptors (Lipinski definition) is 3. The minimum Gasteiger partial charge on any atom is -0.325 e. The van der Waals surface area contributed by atoms with Crippen LogP contribution in [0.25, 0.3) is 0 Å². The van der Waals surface area contributed by atoms with Gasteiger partial charge in [0, 0.05) is 23.8 Å². The lowest BCUT2D eigenvalue weighted by Gasteiger charge is -2.10. The SMILES string of the molecule is C[C@@H](Sc1cnn(C)c1)C(=O)Nc1ccc(F)cc1. The monoisotopic (exact) mass is 279 g/mol. The standard InChI is InChI=1S/C13H14FN3OS/c1-9(19-12-7-15-17(2)8-12)13(18)16-11-5-3-10(14)4-6-11/h3-9H,1-2H3,(H,16,18)/t9-/m1/s1. The van der Waals surface area contributed by atoms with E-state index in [1.807, 2.05) is 20.2 Å². The van der Waals surface area contributed by atoms with Crippen molar-refractivity contribution in [1.29, 1.82) is 0 Å². The van der Waals surface area contributed by atoms with Crippen molar-refractivity contribution >= 4 is 23.4 Å². The first kappa shape index (κ1) is 13.6. The molecule has 0 aliphatic heterocycles. The van der Waals surface area contributed by atoms with E-state index in [2.05, 4.69) is 10.4 Å². The second kappa shape index (κ2) is 5.88. The van der Waals surface area contributed by atoms with Crippen molar-refractivity contribution < 1.29 is 9.18 Å². The van der Waals surface area contributed by atoms with Crippen molar-refractivity contribution in [1.82, 2.24) is 9.78 Å². The summed E-state index contributed by atoms with van der Waals surface area (Å²) in [5, 5.41) is 6.53. The van der Waals surface area contributed by atoms with Crippen molar-refractivity contribution in [3.63, 3.8) is 0 Å². The van der Waals surface area contributed by atoms with Gasteiger partial charge in [-0.2, -0.15) is 5.10 Å². The molecule has 0 unspecified atom stereocenters. The molecule has 0 spiro atoms. The van der Waals surface area contributed by atoms with Gasteiger partial charge in [-0.25, -0.2) is 4.39 Å². The highest BCUT2D eigenvalue weighted by molar-refractivity contribution is 8.00. The molecule has 1 aromatic heterocycles. The number of halogens is 1. The Hall–Kier alpha value is -1.82. The maximum absolute atomic E-state index is 12.7.